The number of piperidine rings is 2. The molecule has 16 rings (SSSR count). The third kappa shape index (κ3) is 23.6. The second-order valence-electron chi connectivity index (χ2n) is 29.9. The van der Waals surface area contributed by atoms with Crippen LogP contribution in [-0.2, 0) is 107 Å². The summed E-state index contributed by atoms with van der Waals surface area (Å²) in [5.41, 5.74) is 6.16. The molecule has 42 heteroatoms. The summed E-state index contributed by atoms with van der Waals surface area (Å²) in [4.78, 5) is 132. The third-order valence-corrected chi connectivity index (χ3v) is 22.0. The Morgan fingerprint density at radius 1 is 0.549 bits per heavy atom. The van der Waals surface area contributed by atoms with Gasteiger partial charge in [-0.15, -0.1) is 0 Å². The molecule has 3 aromatic carbocycles. The predicted molar refractivity (Wildman–Crippen MR) is 490 cm³/mol. The van der Waals surface area contributed by atoms with Gasteiger partial charge >= 0.3 is 31.1 Å². The number of nitrogens with one attached hydrogen (secondary N) is 3. The van der Waals surface area contributed by atoms with E-state index < -0.39 is 30.3 Å². The molecule has 3 saturated heterocycles. The van der Waals surface area contributed by atoms with E-state index >= 15 is 0 Å². The normalized spacial score (nSPS) is 18.5. The third-order valence-electron chi connectivity index (χ3n) is 20.7. The minimum Gasteiger partial charge on any atom is -0.480 e. The Hall–Kier alpha value is -9.60. The summed E-state index contributed by atoms with van der Waals surface area (Å²) in [5, 5.41) is 32.9. The zero-order valence-electron chi connectivity index (χ0n) is 67.6. The predicted octanol–water partition coefficient (Wildman–Crippen LogP) is 11.7. The van der Waals surface area contributed by atoms with Crippen LogP contribution in [0.5, 0.6) is 18.0 Å². The number of carbonyl (C=O) groups excluding carboxylic acids is 7. The summed E-state index contributed by atoms with van der Waals surface area (Å²) < 4.78 is 33.5. The molecule has 0 unspecified atom stereocenters. The number of hydrogen-bond donors (Lipinski definition) is 4. The topological polar surface area (TPSA) is 399 Å². The lowest BCUT2D eigenvalue weighted by Gasteiger charge is -2.32. The number of hydrogen-bond acceptors (Lipinski definition) is 29. The summed E-state index contributed by atoms with van der Waals surface area (Å²) in [7, 11) is 4.92. The van der Waals surface area contributed by atoms with Gasteiger partial charge in [0.2, 0.25) is 17.7 Å². The highest BCUT2D eigenvalue weighted by molar-refractivity contribution is 9.11. The van der Waals surface area contributed by atoms with Crippen LogP contribution in [0, 0.1) is 10.8 Å². The molecule has 3 amide bonds. The number of anilines is 2. The average Bonchev–Trinajstić information content (AvgIpc) is 1.54. The van der Waals surface area contributed by atoms with E-state index in [9.17, 15) is 38.4 Å². The van der Waals surface area contributed by atoms with E-state index in [0.717, 1.165) is 64.0 Å². The second kappa shape index (κ2) is 42.2. The first-order valence-corrected chi connectivity index (χ1v) is 43.2. The summed E-state index contributed by atoms with van der Waals surface area (Å²) in [6.07, 6.45) is 13.3. The van der Waals surface area contributed by atoms with Crippen molar-refractivity contribution >= 4 is 219 Å². The fourth-order valence-electron chi connectivity index (χ4n) is 13.8. The number of amides is 3. The molecule has 2 aliphatic carbocycles. The van der Waals surface area contributed by atoms with Crippen LogP contribution in [0.25, 0.3) is 55.0 Å². The van der Waals surface area contributed by atoms with Crippen molar-refractivity contribution in [1.29, 1.82) is 0 Å². The van der Waals surface area contributed by atoms with E-state index in [-0.39, 0.29) is 122 Å². The fourth-order valence-corrected chi connectivity index (χ4v) is 14.7. The molecule has 5 aliphatic rings. The van der Waals surface area contributed by atoms with Gasteiger partial charge in [-0.1, -0.05) is 57.7 Å². The first-order valence-electron chi connectivity index (χ1n) is 36.9. The number of carboxylic acids is 1. The number of aliphatic carboxylic acids is 1. The average molecular weight is 1970 g/mol. The van der Waals surface area contributed by atoms with Gasteiger partial charge in [0.1, 0.15) is 57.1 Å². The number of pyridine rings is 2. The molecule has 0 bridgehead atoms. The standard InChI is InChI=1S/C28H26BrN7O4.C18H23BN2O4.C16H14N4O4.C12H14BrN3O.C5H5BrN2O.CH4.S3.S2.H2S/c1-15(37)25-18-9-16(17-12-30-27(40-3)31-13-17)7-8-19(18)35(34-25)14-24(38)36-20(10-28(2)11-21(28)36)26(39)33-23-6-4-5-22(29)32-23;1-11(22)10-21-15-8-7-13(9-14(15)16(20-21)12(2)23)19-24-17(3,4)18(5,6)25-19;1-9(21)15-12-5-10(11-6-17-16(24-2)18-7-11)3-4-13(12)20(19-15)8-14(22)23;1-12-5-7(14-8(12)6-12)11(17)16-10-4-2-3-9(13)15-10;1-9-5-7-2-4(6)3-8-5;;1-3-2;1-2;/h4-9,12-13,20-21H,10-11,14H2,1-3H3,(H,32,33,39);7-9H,10H2,1-6H3;3-7H,8H2,1-2H3,(H,22,23);2-4,7-8,14H,5-6H2,1H3,(H,15,16,17);2-3H,1H3;1H4;;;1H2/t20-,21+,28-;;;7-,8+,12-;;;;;/m0..0...../s1. The Morgan fingerprint density at radius 2 is 0.959 bits per heavy atom. The summed E-state index contributed by atoms with van der Waals surface area (Å²) in [6.45, 7) is 17.9. The molecular formula is C80H88BBr3N18O14S6. The van der Waals surface area contributed by atoms with Crippen LogP contribution in [0.4, 0.5) is 11.6 Å². The first-order chi connectivity index (χ1) is 57.0. The summed E-state index contributed by atoms with van der Waals surface area (Å²) >= 11 is 25.4. The molecular weight excluding hydrogens is 1880 g/mol. The van der Waals surface area contributed by atoms with Gasteiger partial charge in [-0.25, -0.2) is 39.9 Å². The number of ether oxygens (including phenoxy) is 3. The maximum absolute atomic E-state index is 13.7. The van der Waals surface area contributed by atoms with Gasteiger partial charge in [-0.05, 0) is 190 Å². The van der Waals surface area contributed by atoms with Crippen LogP contribution in [0.15, 0.2) is 142 Å². The zero-order valence-corrected chi connectivity index (χ0v) is 77.4. The Balaban J connectivity index is 0.000000198. The Kier molecular flexibility index (Phi) is 33.8. The van der Waals surface area contributed by atoms with Crippen LogP contribution in [0.2, 0.25) is 0 Å². The van der Waals surface area contributed by atoms with Crippen LogP contribution in [0.1, 0.15) is 134 Å². The number of Topliss-reactive ketones (excluding diaryl/α,β-unsaturated/α-hetero) is 4. The number of likely N-dealkylation sites (tertiary alicyclic amines) is 1. The molecule has 4 N–H and O–H groups in total. The quantitative estimate of drug-likeness (QED) is 0.0332. The van der Waals surface area contributed by atoms with Crippen LogP contribution in [0.3, 0.4) is 0 Å². The van der Waals surface area contributed by atoms with Crippen LogP contribution in [-0.4, -0.2) is 190 Å². The van der Waals surface area contributed by atoms with Crippen molar-refractivity contribution in [3.8, 4) is 40.3 Å². The zero-order chi connectivity index (χ0) is 87.5. The number of ketones is 4. The van der Waals surface area contributed by atoms with E-state index in [1.54, 1.807) is 93.9 Å². The Bertz CT molecular complexity index is 5740. The highest BCUT2D eigenvalue weighted by Gasteiger charge is 2.64. The molecule has 2 saturated carbocycles. The van der Waals surface area contributed by atoms with Gasteiger partial charge in [0.25, 0.3) is 0 Å². The van der Waals surface area contributed by atoms with E-state index in [1.807, 2.05) is 76.2 Å². The van der Waals surface area contributed by atoms with Crippen molar-refractivity contribution in [3.05, 3.63) is 159 Å². The Labute approximate surface area is 758 Å². The first kappa shape index (κ1) is 97.8. The van der Waals surface area contributed by atoms with Gasteiger partial charge in [0.05, 0.1) is 66.1 Å². The lowest BCUT2D eigenvalue weighted by Crippen LogP contribution is -2.46. The molecule has 5 fully saturated rings. The number of carbonyl (C=O) groups is 8. The summed E-state index contributed by atoms with van der Waals surface area (Å²) in [6, 6.07) is 28.0. The molecule has 3 aliphatic heterocycles. The van der Waals surface area contributed by atoms with Gasteiger partial charge in [-0.3, -0.25) is 52.4 Å². The lowest BCUT2D eigenvalue weighted by molar-refractivity contribution is -0.138. The maximum atomic E-state index is 13.7. The number of benzene rings is 3. The van der Waals surface area contributed by atoms with Crippen LogP contribution < -0.4 is 35.6 Å². The molecule has 122 heavy (non-hydrogen) atoms. The monoisotopic (exact) mass is 1960 g/mol. The number of halogens is 3. The number of methoxy groups -OCH3 is 3. The molecule has 8 aromatic heterocycles. The molecule has 0 spiro atoms. The van der Waals surface area contributed by atoms with Gasteiger partial charge in [-0.2, -0.15) is 28.8 Å². The molecule has 6 atom stereocenters. The van der Waals surface area contributed by atoms with Crippen molar-refractivity contribution in [3.63, 3.8) is 0 Å². The molecule has 11 heterocycles. The van der Waals surface area contributed by atoms with Crippen molar-refractivity contribution in [2.24, 2.45) is 10.8 Å². The maximum Gasteiger partial charge on any atom is 0.494 e. The molecule has 11 aromatic rings. The number of rotatable bonds is 19. The van der Waals surface area contributed by atoms with Crippen molar-refractivity contribution in [1.82, 2.24) is 79.4 Å². The van der Waals surface area contributed by atoms with Gasteiger partial charge < -0.3 is 49.5 Å². The second-order valence-corrected chi connectivity index (χ2v) is 34.2. The van der Waals surface area contributed by atoms with Gasteiger partial charge in [0, 0.05) is 151 Å². The number of carboxylic acid groups (broad SMARTS) is 1. The lowest BCUT2D eigenvalue weighted by atomic mass is 9.78. The minimum absolute atomic E-state index is 0. The van der Waals surface area contributed by atoms with Gasteiger partial charge in [0.15, 0.2) is 23.1 Å². The van der Waals surface area contributed by atoms with Crippen molar-refractivity contribution < 1.29 is 67.0 Å². The summed E-state index contributed by atoms with van der Waals surface area (Å²) in [5.74, 6) is -1.09. The fraction of sp³-hybridized carbons (Fsp3) is 0.362. The molecule has 32 nitrogen and oxygen atoms in total. The largest absolute Gasteiger partial charge is 0.494 e. The number of nitrogens with zero attached hydrogens (tertiary/aromatic N) is 15. The molecule has 0 radical (unpaired) electrons. The number of fused-ring (bicyclic) bond motifs is 5. The smallest absolute Gasteiger partial charge is 0.480 e. The minimum atomic E-state index is -1.03. The van der Waals surface area contributed by atoms with Crippen LogP contribution >= 0.6 is 61.3 Å². The number of aromatic nitrogens is 14. The van der Waals surface area contributed by atoms with E-state index in [1.165, 1.54) is 60.1 Å². The Morgan fingerprint density at radius 3 is 1.36 bits per heavy atom. The van der Waals surface area contributed by atoms with E-state index in [0.29, 0.717) is 73.0 Å². The highest BCUT2D eigenvalue weighted by atomic mass is 79.9. The van der Waals surface area contributed by atoms with E-state index in [2.05, 4.69) is 178 Å². The molecule has 642 valence electrons. The van der Waals surface area contributed by atoms with E-state index in [4.69, 9.17) is 28.6 Å². The highest BCUT2D eigenvalue weighted by Crippen LogP contribution is 2.59. The van der Waals surface area contributed by atoms with Crippen molar-refractivity contribution in [2.45, 2.75) is 157 Å². The SMILES string of the molecule is C.CC(=O)Cn1nc(C(C)=O)c2cc(B3OC(C)(C)C(C)(C)O3)ccc21.COc1ncc(-c2ccc3c(c2)c(C(C)=O)nn3CC(=O)N2[C@H](C(=O)Nc3cccc(Br)n3)C[C@@]3(C)C[C@@H]23)cn1.COc1ncc(-c2ccc3c(c2)c(C(C)=O)nn3CC(=O)O)cn1.COc1ncc(Br)cn1.C[C@@]12C[C@@H](C(=O)Nc3cccc(Br)n3)N[C@@H]1C2.S.S=S.S=S=S. The van der Waals surface area contributed by atoms with Crippen molar-refractivity contribution in [2.75, 3.05) is 32.0 Å².